The highest BCUT2D eigenvalue weighted by molar-refractivity contribution is 5.74. The first kappa shape index (κ1) is 14.3. The quantitative estimate of drug-likeness (QED) is 0.644. The average molecular weight is 272 g/mol. The van der Waals surface area contributed by atoms with E-state index in [0.29, 0.717) is 6.07 Å². The van der Waals surface area contributed by atoms with Gasteiger partial charge in [-0.25, -0.2) is 0 Å². The molecule has 100 valence electrons. The van der Waals surface area contributed by atoms with Gasteiger partial charge in [-0.15, -0.1) is 0 Å². The fourth-order valence-electron chi connectivity index (χ4n) is 1.40. The van der Waals surface area contributed by atoms with E-state index in [1.165, 1.54) is 6.07 Å². The Bertz CT molecular complexity index is 568. The van der Waals surface area contributed by atoms with Gasteiger partial charge in [0.2, 0.25) is 0 Å². The molecule has 0 atom stereocenters. The summed E-state index contributed by atoms with van der Waals surface area (Å²) >= 11 is 0. The highest BCUT2D eigenvalue weighted by Crippen LogP contribution is 2.29. The van der Waals surface area contributed by atoms with Crippen LogP contribution in [-0.2, 0) is 11.2 Å². The van der Waals surface area contributed by atoms with Crippen molar-refractivity contribution in [2.45, 2.75) is 13.0 Å². The van der Waals surface area contributed by atoms with Crippen molar-refractivity contribution >= 4 is 11.7 Å². The summed E-state index contributed by atoms with van der Waals surface area (Å²) in [7, 11) is 0. The van der Waals surface area contributed by atoms with E-state index in [1.807, 2.05) is 0 Å². The molecule has 7 nitrogen and oxygen atoms in total. The molecule has 0 aliphatic heterocycles. The van der Waals surface area contributed by atoms with Crippen LogP contribution in [-0.4, -0.2) is 22.6 Å². The van der Waals surface area contributed by atoms with Crippen molar-refractivity contribution in [2.75, 3.05) is 0 Å². The highest BCUT2D eigenvalue weighted by atomic mass is 19.3. The van der Waals surface area contributed by atoms with Crippen molar-refractivity contribution in [1.29, 1.82) is 5.26 Å². The van der Waals surface area contributed by atoms with Crippen LogP contribution < -0.4 is 4.74 Å². The third-order valence-electron chi connectivity index (χ3n) is 2.07. The number of carboxylic acid groups (broad SMARTS) is 1. The predicted octanol–water partition coefficient (Wildman–Crippen LogP) is 1.69. The lowest BCUT2D eigenvalue weighted by atomic mass is 10.0. The molecule has 0 radical (unpaired) electrons. The zero-order chi connectivity index (χ0) is 14.6. The maximum Gasteiger partial charge on any atom is 0.387 e. The summed E-state index contributed by atoms with van der Waals surface area (Å²) in [6.07, 6.45) is -0.770. The predicted molar refractivity (Wildman–Crippen MR) is 55.8 cm³/mol. The molecule has 0 fully saturated rings. The van der Waals surface area contributed by atoms with E-state index in [-0.39, 0.29) is 5.56 Å². The molecular weight excluding hydrogens is 266 g/mol. The summed E-state index contributed by atoms with van der Waals surface area (Å²) in [6, 6.07) is 3.01. The number of nitro groups is 1. The number of rotatable bonds is 5. The lowest BCUT2D eigenvalue weighted by Gasteiger charge is -2.08. The van der Waals surface area contributed by atoms with Crippen LogP contribution >= 0.6 is 0 Å². The molecule has 0 bridgehead atoms. The number of alkyl halides is 2. The molecule has 0 amide bonds. The molecule has 0 spiro atoms. The normalized spacial score (nSPS) is 10.0. The number of halogens is 2. The van der Waals surface area contributed by atoms with Crippen molar-refractivity contribution in [3.05, 3.63) is 33.4 Å². The Morgan fingerprint density at radius 3 is 2.63 bits per heavy atom. The second kappa shape index (κ2) is 5.72. The van der Waals surface area contributed by atoms with Crippen molar-refractivity contribution in [3.63, 3.8) is 0 Å². The Kier molecular flexibility index (Phi) is 4.31. The zero-order valence-electron chi connectivity index (χ0n) is 9.17. The Morgan fingerprint density at radius 1 is 1.58 bits per heavy atom. The molecule has 0 saturated carbocycles. The van der Waals surface area contributed by atoms with Gasteiger partial charge in [0.25, 0.3) is 5.69 Å². The molecule has 0 aliphatic rings. The number of aliphatic carboxylic acids is 1. The minimum Gasteiger partial charge on any atom is -0.481 e. The smallest absolute Gasteiger partial charge is 0.387 e. The third kappa shape index (κ3) is 3.60. The van der Waals surface area contributed by atoms with E-state index < -0.39 is 40.9 Å². The standard InChI is InChI=1S/C10H6F2N2O5/c11-10(12)19-6-1-5(4-13)7(3-9(15)16)8(2-6)14(17)18/h1-2,10H,3H2,(H,15,16). The fraction of sp³-hybridized carbons (Fsp3) is 0.200. The van der Waals surface area contributed by atoms with E-state index in [2.05, 4.69) is 4.74 Å². The minimum atomic E-state index is -3.21. The molecule has 0 unspecified atom stereocenters. The minimum absolute atomic E-state index is 0.360. The topological polar surface area (TPSA) is 113 Å². The van der Waals surface area contributed by atoms with Gasteiger partial charge < -0.3 is 9.84 Å². The largest absolute Gasteiger partial charge is 0.481 e. The first-order valence-electron chi connectivity index (χ1n) is 4.73. The number of hydrogen-bond acceptors (Lipinski definition) is 5. The number of nitro benzene ring substituents is 1. The fourth-order valence-corrected chi connectivity index (χ4v) is 1.40. The third-order valence-corrected chi connectivity index (χ3v) is 2.07. The van der Waals surface area contributed by atoms with Crippen LogP contribution in [0.4, 0.5) is 14.5 Å². The highest BCUT2D eigenvalue weighted by Gasteiger charge is 2.23. The van der Waals surface area contributed by atoms with Crippen LogP contribution in [0.5, 0.6) is 5.75 Å². The van der Waals surface area contributed by atoms with Gasteiger partial charge >= 0.3 is 12.6 Å². The Labute approximate surface area is 104 Å². The second-order valence-corrected chi connectivity index (χ2v) is 3.29. The van der Waals surface area contributed by atoms with Gasteiger partial charge in [-0.2, -0.15) is 14.0 Å². The van der Waals surface area contributed by atoms with Gasteiger partial charge in [-0.3, -0.25) is 14.9 Å². The van der Waals surface area contributed by atoms with Crippen LogP contribution in [0.1, 0.15) is 11.1 Å². The van der Waals surface area contributed by atoms with Gasteiger partial charge in [-0.05, 0) is 6.07 Å². The second-order valence-electron chi connectivity index (χ2n) is 3.29. The Hall–Kier alpha value is -2.76. The molecular formula is C10H6F2N2O5. The summed E-state index contributed by atoms with van der Waals surface area (Å²) in [5.41, 5.74) is -1.51. The summed E-state index contributed by atoms with van der Waals surface area (Å²) < 4.78 is 28.0. The van der Waals surface area contributed by atoms with Gasteiger partial charge in [0.05, 0.1) is 34.6 Å². The maximum atomic E-state index is 12.0. The maximum absolute atomic E-state index is 12.0. The molecule has 0 aliphatic carbocycles. The van der Waals surface area contributed by atoms with Gasteiger partial charge in [-0.1, -0.05) is 0 Å². The van der Waals surface area contributed by atoms with Gasteiger partial charge in [0, 0.05) is 0 Å². The lowest BCUT2D eigenvalue weighted by molar-refractivity contribution is -0.385. The number of benzene rings is 1. The van der Waals surface area contributed by atoms with Crippen molar-refractivity contribution in [3.8, 4) is 11.8 Å². The van der Waals surface area contributed by atoms with E-state index in [4.69, 9.17) is 10.4 Å². The first-order chi connectivity index (χ1) is 8.85. The summed E-state index contributed by atoms with van der Waals surface area (Å²) in [5, 5.41) is 28.2. The van der Waals surface area contributed by atoms with Crippen LogP contribution in [0, 0.1) is 21.4 Å². The summed E-state index contributed by atoms with van der Waals surface area (Å²) in [4.78, 5) is 20.4. The molecule has 1 aromatic carbocycles. The number of nitrogens with zero attached hydrogens (tertiary/aromatic N) is 2. The molecule has 1 rings (SSSR count). The van der Waals surface area contributed by atoms with Crippen LogP contribution in [0.3, 0.4) is 0 Å². The van der Waals surface area contributed by atoms with E-state index in [0.717, 1.165) is 6.07 Å². The lowest BCUT2D eigenvalue weighted by Crippen LogP contribution is -2.08. The number of carbonyl (C=O) groups is 1. The van der Waals surface area contributed by atoms with Crippen LogP contribution in [0.2, 0.25) is 0 Å². The van der Waals surface area contributed by atoms with Gasteiger partial charge in [0.15, 0.2) is 0 Å². The van der Waals surface area contributed by atoms with E-state index in [1.54, 1.807) is 0 Å². The number of ether oxygens (including phenoxy) is 1. The molecule has 19 heavy (non-hydrogen) atoms. The molecule has 0 saturated heterocycles. The van der Waals surface area contributed by atoms with E-state index >= 15 is 0 Å². The molecule has 1 aromatic rings. The van der Waals surface area contributed by atoms with E-state index in [9.17, 15) is 23.7 Å². The number of carboxylic acids is 1. The SMILES string of the molecule is N#Cc1cc(OC(F)F)cc([N+](=O)[O-])c1CC(=O)O. The molecule has 0 heterocycles. The summed E-state index contributed by atoms with van der Waals surface area (Å²) in [6.45, 7) is -3.21. The molecule has 0 aromatic heterocycles. The Balaban J connectivity index is 3.41. The van der Waals surface area contributed by atoms with Crippen LogP contribution in [0.15, 0.2) is 12.1 Å². The average Bonchev–Trinajstić information content (AvgIpc) is 2.28. The van der Waals surface area contributed by atoms with Crippen molar-refractivity contribution in [1.82, 2.24) is 0 Å². The van der Waals surface area contributed by atoms with Gasteiger partial charge in [0.1, 0.15) is 5.75 Å². The Morgan fingerprint density at radius 2 is 2.21 bits per heavy atom. The van der Waals surface area contributed by atoms with Crippen LogP contribution in [0.25, 0.3) is 0 Å². The zero-order valence-corrected chi connectivity index (χ0v) is 9.17. The monoisotopic (exact) mass is 272 g/mol. The van der Waals surface area contributed by atoms with Crippen molar-refractivity contribution in [2.24, 2.45) is 0 Å². The summed E-state index contributed by atoms with van der Waals surface area (Å²) in [5.74, 6) is -1.96. The molecule has 9 heteroatoms. The number of hydrogen-bond donors (Lipinski definition) is 1. The molecule has 1 N–H and O–H groups in total. The van der Waals surface area contributed by atoms with Crippen molar-refractivity contribution < 1.29 is 28.3 Å². The number of nitriles is 1. The first-order valence-corrected chi connectivity index (χ1v) is 4.73.